The molecule has 0 radical (unpaired) electrons. The Hall–Kier alpha value is -3.19. The minimum Gasteiger partial charge on any atom is -0.489 e. The lowest BCUT2D eigenvalue weighted by atomic mass is 10.1. The molecule has 6 nitrogen and oxygen atoms in total. The standard InChI is InChI=1S/C21H20N4O2S/c1-14-6-4-7-18(25-21(26)24(3)22-23-25)17(14)13-27-19-10-9-16(12-15(19)2)20-8-5-11-28-20/h4-12H,13H2,1-3H3. The SMILES string of the molecule is Cc1cc(-c2cccs2)ccc1OCc1c(C)cccc1-n1nnn(C)c1=O. The molecule has 0 amide bonds. The predicted octanol–water partition coefficient (Wildman–Crippen LogP) is 3.89. The van der Waals surface area contributed by atoms with E-state index < -0.39 is 0 Å². The molecule has 0 saturated carbocycles. The predicted molar refractivity (Wildman–Crippen MR) is 110 cm³/mol. The van der Waals surface area contributed by atoms with Gasteiger partial charge in [-0.25, -0.2) is 4.79 Å². The highest BCUT2D eigenvalue weighted by molar-refractivity contribution is 7.13. The summed E-state index contributed by atoms with van der Waals surface area (Å²) in [6.45, 7) is 4.37. The van der Waals surface area contributed by atoms with Crippen molar-refractivity contribution in [2.45, 2.75) is 20.5 Å². The van der Waals surface area contributed by atoms with Gasteiger partial charge in [-0.2, -0.15) is 9.36 Å². The summed E-state index contributed by atoms with van der Waals surface area (Å²) in [6, 6.07) is 16.1. The van der Waals surface area contributed by atoms with Crippen LogP contribution < -0.4 is 10.4 Å². The fourth-order valence-corrected chi connectivity index (χ4v) is 3.82. The van der Waals surface area contributed by atoms with Gasteiger partial charge in [0.2, 0.25) is 0 Å². The number of thiophene rings is 1. The van der Waals surface area contributed by atoms with Gasteiger partial charge in [-0.15, -0.1) is 11.3 Å². The molecule has 7 heteroatoms. The fraction of sp³-hybridized carbons (Fsp3) is 0.190. The van der Waals surface area contributed by atoms with E-state index in [0.717, 1.165) is 22.4 Å². The number of tetrazole rings is 1. The topological polar surface area (TPSA) is 61.9 Å². The van der Waals surface area contributed by atoms with E-state index in [4.69, 9.17) is 4.74 Å². The monoisotopic (exact) mass is 392 g/mol. The molecule has 0 unspecified atom stereocenters. The van der Waals surface area contributed by atoms with Crippen molar-refractivity contribution in [2.75, 3.05) is 0 Å². The Bertz CT molecular complexity index is 1180. The molecule has 2 aromatic carbocycles. The largest absolute Gasteiger partial charge is 0.489 e. The van der Waals surface area contributed by atoms with E-state index in [2.05, 4.69) is 34.0 Å². The molecular formula is C21H20N4O2S. The molecule has 28 heavy (non-hydrogen) atoms. The first-order valence-corrected chi connectivity index (χ1v) is 9.78. The summed E-state index contributed by atoms with van der Waals surface area (Å²) in [5.41, 5.74) is 4.59. The molecule has 0 atom stereocenters. The molecule has 2 aromatic heterocycles. The number of aromatic nitrogens is 4. The van der Waals surface area contributed by atoms with Crippen LogP contribution in [-0.4, -0.2) is 19.8 Å². The second-order valence-electron chi connectivity index (χ2n) is 6.62. The molecule has 4 aromatic rings. The summed E-state index contributed by atoms with van der Waals surface area (Å²) in [6.07, 6.45) is 0. The number of nitrogens with zero attached hydrogens (tertiary/aromatic N) is 4. The van der Waals surface area contributed by atoms with E-state index in [9.17, 15) is 4.79 Å². The molecule has 4 rings (SSSR count). The van der Waals surface area contributed by atoms with Gasteiger partial charge in [0.25, 0.3) is 0 Å². The van der Waals surface area contributed by atoms with Crippen LogP contribution in [0.25, 0.3) is 16.1 Å². The first-order valence-electron chi connectivity index (χ1n) is 8.90. The normalized spacial score (nSPS) is 11.0. The number of aryl methyl sites for hydroxylation is 3. The van der Waals surface area contributed by atoms with Crippen molar-refractivity contribution >= 4 is 11.3 Å². The van der Waals surface area contributed by atoms with Crippen LogP contribution in [0.1, 0.15) is 16.7 Å². The fourth-order valence-electron chi connectivity index (χ4n) is 3.10. The Morgan fingerprint density at radius 1 is 1.04 bits per heavy atom. The average molecular weight is 392 g/mol. The molecule has 142 valence electrons. The zero-order valence-electron chi connectivity index (χ0n) is 15.9. The Morgan fingerprint density at radius 3 is 2.57 bits per heavy atom. The molecule has 0 spiro atoms. The van der Waals surface area contributed by atoms with Crippen LogP contribution in [0.2, 0.25) is 0 Å². The maximum Gasteiger partial charge on any atom is 0.368 e. The Kier molecular flexibility index (Phi) is 4.83. The third kappa shape index (κ3) is 3.36. The summed E-state index contributed by atoms with van der Waals surface area (Å²) in [5, 5.41) is 9.84. The van der Waals surface area contributed by atoms with Crippen molar-refractivity contribution in [1.82, 2.24) is 19.8 Å². The van der Waals surface area contributed by atoms with E-state index >= 15 is 0 Å². The summed E-state index contributed by atoms with van der Waals surface area (Å²) in [5.74, 6) is 0.820. The molecule has 0 bridgehead atoms. The second-order valence-corrected chi connectivity index (χ2v) is 7.56. The van der Waals surface area contributed by atoms with E-state index in [0.29, 0.717) is 12.3 Å². The lowest BCUT2D eigenvalue weighted by Crippen LogP contribution is -2.23. The van der Waals surface area contributed by atoms with Crippen molar-refractivity contribution in [3.63, 3.8) is 0 Å². The number of benzene rings is 2. The smallest absolute Gasteiger partial charge is 0.368 e. The molecular weight excluding hydrogens is 372 g/mol. The zero-order valence-corrected chi connectivity index (χ0v) is 16.7. The molecule has 0 aliphatic carbocycles. The van der Waals surface area contributed by atoms with E-state index in [-0.39, 0.29) is 5.69 Å². The van der Waals surface area contributed by atoms with Crippen molar-refractivity contribution in [1.29, 1.82) is 0 Å². The van der Waals surface area contributed by atoms with E-state index in [1.165, 1.54) is 19.8 Å². The van der Waals surface area contributed by atoms with Crippen molar-refractivity contribution in [3.8, 4) is 21.9 Å². The van der Waals surface area contributed by atoms with Gasteiger partial charge in [0.1, 0.15) is 12.4 Å². The summed E-state index contributed by atoms with van der Waals surface area (Å²) in [4.78, 5) is 13.5. The maximum absolute atomic E-state index is 12.3. The van der Waals surface area contributed by atoms with Crippen LogP contribution in [0.3, 0.4) is 0 Å². The van der Waals surface area contributed by atoms with Crippen molar-refractivity contribution in [3.05, 3.63) is 81.1 Å². The third-order valence-corrected chi connectivity index (χ3v) is 5.61. The van der Waals surface area contributed by atoms with Crippen LogP contribution in [-0.2, 0) is 13.7 Å². The van der Waals surface area contributed by atoms with E-state index in [1.807, 2.05) is 44.2 Å². The first-order chi connectivity index (χ1) is 13.5. The summed E-state index contributed by atoms with van der Waals surface area (Å²) < 4.78 is 8.63. The quantitative estimate of drug-likeness (QED) is 0.517. The van der Waals surface area contributed by atoms with Gasteiger partial charge in [0, 0.05) is 17.5 Å². The minimum atomic E-state index is -0.289. The summed E-state index contributed by atoms with van der Waals surface area (Å²) in [7, 11) is 1.58. The third-order valence-electron chi connectivity index (χ3n) is 4.69. The first kappa shape index (κ1) is 18.2. The Balaban J connectivity index is 1.62. The van der Waals surface area contributed by atoms with Crippen molar-refractivity contribution in [2.24, 2.45) is 7.05 Å². The Labute approximate surface area is 166 Å². The lowest BCUT2D eigenvalue weighted by Gasteiger charge is -2.14. The van der Waals surface area contributed by atoms with Gasteiger partial charge in [-0.1, -0.05) is 18.2 Å². The molecule has 0 fully saturated rings. The molecule has 0 saturated heterocycles. The van der Waals surface area contributed by atoms with Gasteiger partial charge in [0.05, 0.1) is 5.69 Å². The molecule has 2 heterocycles. The average Bonchev–Trinajstić information content (AvgIpc) is 3.33. The molecule has 0 aliphatic heterocycles. The zero-order chi connectivity index (χ0) is 19.7. The van der Waals surface area contributed by atoms with Gasteiger partial charge in [-0.3, -0.25) is 0 Å². The van der Waals surface area contributed by atoms with Crippen molar-refractivity contribution < 1.29 is 4.74 Å². The number of rotatable bonds is 5. The number of hydrogen-bond acceptors (Lipinski definition) is 5. The van der Waals surface area contributed by atoms with Gasteiger partial charge in [-0.05, 0) is 76.7 Å². The Morgan fingerprint density at radius 2 is 1.89 bits per heavy atom. The minimum absolute atomic E-state index is 0.289. The highest BCUT2D eigenvalue weighted by atomic mass is 32.1. The molecule has 0 N–H and O–H groups in total. The number of hydrogen-bond donors (Lipinski definition) is 0. The van der Waals surface area contributed by atoms with Crippen LogP contribution in [0.15, 0.2) is 58.7 Å². The second kappa shape index (κ2) is 7.44. The van der Waals surface area contributed by atoms with Crippen LogP contribution in [0, 0.1) is 13.8 Å². The lowest BCUT2D eigenvalue weighted by molar-refractivity contribution is 0.302. The van der Waals surface area contributed by atoms with Crippen LogP contribution >= 0.6 is 11.3 Å². The van der Waals surface area contributed by atoms with Crippen LogP contribution in [0.5, 0.6) is 5.75 Å². The highest BCUT2D eigenvalue weighted by Gasteiger charge is 2.14. The van der Waals surface area contributed by atoms with Gasteiger partial charge < -0.3 is 4.74 Å². The number of ether oxygens (including phenoxy) is 1. The van der Waals surface area contributed by atoms with Gasteiger partial charge >= 0.3 is 5.69 Å². The van der Waals surface area contributed by atoms with E-state index in [1.54, 1.807) is 18.4 Å². The maximum atomic E-state index is 12.3. The molecule has 0 aliphatic rings. The van der Waals surface area contributed by atoms with Gasteiger partial charge in [0.15, 0.2) is 0 Å². The summed E-state index contributed by atoms with van der Waals surface area (Å²) >= 11 is 1.72. The highest BCUT2D eigenvalue weighted by Crippen LogP contribution is 2.30. The van der Waals surface area contributed by atoms with Crippen LogP contribution in [0.4, 0.5) is 0 Å².